The highest BCUT2D eigenvalue weighted by molar-refractivity contribution is 5.28. The summed E-state index contributed by atoms with van der Waals surface area (Å²) in [6.07, 6.45) is -2.17. The van der Waals surface area contributed by atoms with Gasteiger partial charge in [0.15, 0.2) is 0 Å². The number of nitrogens with zero attached hydrogens (tertiary/aromatic N) is 1. The molecule has 0 fully saturated rings. The summed E-state index contributed by atoms with van der Waals surface area (Å²) in [4.78, 5) is 24.3. The zero-order valence-corrected chi connectivity index (χ0v) is 9.08. The van der Waals surface area contributed by atoms with E-state index in [4.69, 9.17) is 5.11 Å². The van der Waals surface area contributed by atoms with Crippen LogP contribution in [0.5, 0.6) is 0 Å². The van der Waals surface area contributed by atoms with E-state index in [0.717, 1.165) is 16.8 Å². The lowest BCUT2D eigenvalue weighted by Crippen LogP contribution is -2.38. The highest BCUT2D eigenvalue weighted by Gasteiger charge is 2.42. The Bertz CT molecular complexity index is 605. The molecule has 7 nitrogen and oxygen atoms in total. The maximum Gasteiger partial charge on any atom is 0.329 e. The molecule has 18 heavy (non-hydrogen) atoms. The molecular formula is C10H11FN2O5. The van der Waals surface area contributed by atoms with Gasteiger partial charge in [0.25, 0.3) is 5.56 Å². The van der Waals surface area contributed by atoms with Crippen molar-refractivity contribution in [3.8, 4) is 0 Å². The van der Waals surface area contributed by atoms with E-state index in [-0.39, 0.29) is 5.57 Å². The van der Waals surface area contributed by atoms with Crippen molar-refractivity contribution in [1.29, 1.82) is 0 Å². The molecule has 1 aromatic rings. The molecule has 0 aliphatic heterocycles. The molecule has 3 atom stereocenters. The summed E-state index contributed by atoms with van der Waals surface area (Å²) >= 11 is 0. The number of aliphatic hydroxyl groups excluding tert-OH is 3. The van der Waals surface area contributed by atoms with Crippen molar-refractivity contribution >= 4 is 0 Å². The SMILES string of the molecule is O=c1ccn(C2C(F)=C(CO)C(O)C2O)c(=O)[nH]1. The lowest BCUT2D eigenvalue weighted by atomic mass is 10.1. The first kappa shape index (κ1) is 12.7. The summed E-state index contributed by atoms with van der Waals surface area (Å²) < 4.78 is 14.6. The van der Waals surface area contributed by atoms with Crippen LogP contribution in [0.3, 0.4) is 0 Å². The van der Waals surface area contributed by atoms with E-state index >= 15 is 0 Å². The highest BCUT2D eigenvalue weighted by atomic mass is 19.1. The first-order valence-electron chi connectivity index (χ1n) is 5.14. The van der Waals surface area contributed by atoms with E-state index in [1.54, 1.807) is 0 Å². The van der Waals surface area contributed by atoms with E-state index in [0.29, 0.717) is 0 Å². The van der Waals surface area contributed by atoms with Crippen LogP contribution in [0, 0.1) is 0 Å². The molecule has 0 radical (unpaired) electrons. The van der Waals surface area contributed by atoms with E-state index in [1.165, 1.54) is 0 Å². The third-order valence-corrected chi connectivity index (χ3v) is 2.89. The lowest BCUT2D eigenvalue weighted by molar-refractivity contribution is 0.0244. The summed E-state index contributed by atoms with van der Waals surface area (Å²) in [7, 11) is 0. The van der Waals surface area contributed by atoms with Crippen molar-refractivity contribution in [2.75, 3.05) is 6.61 Å². The largest absolute Gasteiger partial charge is 0.392 e. The first-order chi connectivity index (χ1) is 8.47. The average Bonchev–Trinajstić information content (AvgIpc) is 2.52. The third-order valence-electron chi connectivity index (χ3n) is 2.89. The van der Waals surface area contributed by atoms with Gasteiger partial charge in [0, 0.05) is 17.8 Å². The van der Waals surface area contributed by atoms with Crippen LogP contribution in [0.4, 0.5) is 4.39 Å². The van der Waals surface area contributed by atoms with Crippen molar-refractivity contribution in [3.05, 3.63) is 44.5 Å². The van der Waals surface area contributed by atoms with Crippen LogP contribution < -0.4 is 11.2 Å². The Hall–Kier alpha value is -1.77. The number of halogens is 1. The molecule has 1 heterocycles. The maximum atomic E-state index is 13.9. The van der Waals surface area contributed by atoms with Crippen LogP contribution in [0.15, 0.2) is 33.3 Å². The van der Waals surface area contributed by atoms with Gasteiger partial charge in [-0.15, -0.1) is 0 Å². The molecule has 0 bridgehead atoms. The topological polar surface area (TPSA) is 116 Å². The summed E-state index contributed by atoms with van der Waals surface area (Å²) in [6, 6.07) is -0.462. The summed E-state index contributed by atoms with van der Waals surface area (Å²) in [6.45, 7) is -0.765. The van der Waals surface area contributed by atoms with E-state index in [9.17, 15) is 24.2 Å². The Morgan fingerprint density at radius 1 is 1.39 bits per heavy atom. The summed E-state index contributed by atoms with van der Waals surface area (Å²) in [5.41, 5.74) is -1.94. The predicted molar refractivity (Wildman–Crippen MR) is 57.6 cm³/mol. The Kier molecular flexibility index (Phi) is 3.16. The van der Waals surface area contributed by atoms with Gasteiger partial charge in [0.1, 0.15) is 24.1 Å². The molecule has 98 valence electrons. The van der Waals surface area contributed by atoms with Gasteiger partial charge in [0.2, 0.25) is 0 Å². The molecule has 0 aromatic carbocycles. The van der Waals surface area contributed by atoms with Crippen molar-refractivity contribution in [2.45, 2.75) is 18.2 Å². The molecule has 1 aliphatic carbocycles. The van der Waals surface area contributed by atoms with Crippen LogP contribution in [-0.2, 0) is 0 Å². The fraction of sp³-hybridized carbons (Fsp3) is 0.400. The average molecular weight is 258 g/mol. The van der Waals surface area contributed by atoms with Crippen LogP contribution in [-0.4, -0.2) is 43.7 Å². The zero-order chi connectivity index (χ0) is 13.4. The minimum absolute atomic E-state index is 0.370. The van der Waals surface area contributed by atoms with Gasteiger partial charge in [-0.05, 0) is 0 Å². The fourth-order valence-electron chi connectivity index (χ4n) is 1.96. The van der Waals surface area contributed by atoms with Gasteiger partial charge < -0.3 is 15.3 Å². The van der Waals surface area contributed by atoms with Gasteiger partial charge in [-0.2, -0.15) is 0 Å². The monoisotopic (exact) mass is 258 g/mol. The second kappa shape index (κ2) is 4.48. The van der Waals surface area contributed by atoms with Gasteiger partial charge >= 0.3 is 5.69 Å². The number of nitrogens with one attached hydrogen (secondary N) is 1. The zero-order valence-electron chi connectivity index (χ0n) is 9.08. The standard InChI is InChI=1S/C10H11FN2O5/c11-6-4(3-14)8(16)9(17)7(6)13-2-1-5(15)12-10(13)18/h1-2,7-9,14,16-17H,3H2,(H,12,15,18). The van der Waals surface area contributed by atoms with E-state index < -0.39 is 41.9 Å². The van der Waals surface area contributed by atoms with Gasteiger partial charge in [-0.3, -0.25) is 14.3 Å². The van der Waals surface area contributed by atoms with Crippen LogP contribution in [0.1, 0.15) is 6.04 Å². The van der Waals surface area contributed by atoms with Gasteiger partial charge in [-0.1, -0.05) is 0 Å². The molecular weight excluding hydrogens is 247 g/mol. The minimum atomic E-state index is -1.60. The normalized spacial score (nSPS) is 27.9. The van der Waals surface area contributed by atoms with Gasteiger partial charge in [0.05, 0.1) is 6.61 Å². The molecule has 8 heteroatoms. The molecule has 2 rings (SSSR count). The molecule has 1 aliphatic rings. The number of rotatable bonds is 2. The molecule has 0 saturated carbocycles. The summed E-state index contributed by atoms with van der Waals surface area (Å²) in [5, 5.41) is 28.1. The van der Waals surface area contributed by atoms with E-state index in [2.05, 4.69) is 0 Å². The Morgan fingerprint density at radius 2 is 2.06 bits per heavy atom. The molecule has 4 N–H and O–H groups in total. The van der Waals surface area contributed by atoms with Crippen LogP contribution in [0.25, 0.3) is 0 Å². The number of aliphatic hydroxyl groups is 3. The second-order valence-corrected chi connectivity index (χ2v) is 3.93. The second-order valence-electron chi connectivity index (χ2n) is 3.93. The molecule has 3 unspecified atom stereocenters. The van der Waals surface area contributed by atoms with Crippen molar-refractivity contribution in [2.24, 2.45) is 0 Å². The third kappa shape index (κ3) is 1.80. The minimum Gasteiger partial charge on any atom is -0.392 e. The smallest absolute Gasteiger partial charge is 0.329 e. The fourth-order valence-corrected chi connectivity index (χ4v) is 1.96. The number of aromatic amines is 1. The van der Waals surface area contributed by atoms with Crippen LogP contribution >= 0.6 is 0 Å². The Labute approximate surface area is 99.4 Å². The number of H-pyrrole nitrogens is 1. The quantitative estimate of drug-likeness (QED) is 0.491. The number of hydrogen-bond donors (Lipinski definition) is 4. The lowest BCUT2D eigenvalue weighted by Gasteiger charge is -2.19. The molecule has 0 saturated heterocycles. The van der Waals surface area contributed by atoms with Crippen molar-refractivity contribution in [3.63, 3.8) is 0 Å². The van der Waals surface area contributed by atoms with Gasteiger partial charge in [-0.25, -0.2) is 9.18 Å². The predicted octanol–water partition coefficient (Wildman–Crippen LogP) is -1.97. The van der Waals surface area contributed by atoms with Crippen molar-refractivity contribution < 1.29 is 19.7 Å². The first-order valence-corrected chi connectivity index (χ1v) is 5.14. The highest BCUT2D eigenvalue weighted by Crippen LogP contribution is 2.36. The molecule has 0 amide bonds. The van der Waals surface area contributed by atoms with Crippen LogP contribution in [0.2, 0.25) is 0 Å². The molecule has 0 spiro atoms. The van der Waals surface area contributed by atoms with Crippen molar-refractivity contribution in [1.82, 2.24) is 9.55 Å². The number of hydrogen-bond acceptors (Lipinski definition) is 5. The van der Waals surface area contributed by atoms with E-state index in [1.807, 2.05) is 4.98 Å². The summed E-state index contributed by atoms with van der Waals surface area (Å²) in [5.74, 6) is -0.980. The Morgan fingerprint density at radius 3 is 2.56 bits per heavy atom. The maximum absolute atomic E-state index is 13.9. The Balaban J connectivity index is 2.54. The molecule has 1 aromatic heterocycles. The number of aromatic nitrogens is 2.